The summed E-state index contributed by atoms with van der Waals surface area (Å²) < 4.78 is 10.4. The van der Waals surface area contributed by atoms with E-state index in [0.717, 1.165) is 0 Å². The van der Waals surface area contributed by atoms with Gasteiger partial charge in [0.25, 0.3) is 0 Å². The summed E-state index contributed by atoms with van der Waals surface area (Å²) in [6.07, 6.45) is 2.54. The second-order valence-electron chi connectivity index (χ2n) is 4.46. The van der Waals surface area contributed by atoms with Crippen molar-refractivity contribution in [3.05, 3.63) is 34.1 Å². The SMILES string of the molecule is CCCC(=O)c1c[nH]c2cc(OC)c(OC)cc2c1=O. The number of ether oxygens (including phenoxy) is 2. The van der Waals surface area contributed by atoms with Crippen LogP contribution in [0, 0.1) is 0 Å². The fraction of sp³-hybridized carbons (Fsp3) is 0.333. The molecule has 1 aromatic carbocycles. The van der Waals surface area contributed by atoms with Gasteiger partial charge in [-0.2, -0.15) is 0 Å². The number of methoxy groups -OCH3 is 2. The van der Waals surface area contributed by atoms with E-state index in [1.807, 2.05) is 6.92 Å². The van der Waals surface area contributed by atoms with Crippen LogP contribution >= 0.6 is 0 Å². The highest BCUT2D eigenvalue weighted by Gasteiger charge is 2.14. The molecule has 2 rings (SSSR count). The Morgan fingerprint density at radius 2 is 1.85 bits per heavy atom. The zero-order valence-corrected chi connectivity index (χ0v) is 11.8. The maximum Gasteiger partial charge on any atom is 0.200 e. The van der Waals surface area contributed by atoms with E-state index in [-0.39, 0.29) is 16.8 Å². The summed E-state index contributed by atoms with van der Waals surface area (Å²) >= 11 is 0. The summed E-state index contributed by atoms with van der Waals surface area (Å²) in [5.41, 5.74) is 0.519. The van der Waals surface area contributed by atoms with Crippen molar-refractivity contribution in [2.24, 2.45) is 0 Å². The van der Waals surface area contributed by atoms with Crippen molar-refractivity contribution < 1.29 is 14.3 Å². The molecule has 0 fully saturated rings. The molecule has 0 atom stereocenters. The second kappa shape index (κ2) is 5.77. The lowest BCUT2D eigenvalue weighted by Crippen LogP contribution is -2.15. The fourth-order valence-corrected chi connectivity index (χ4v) is 2.12. The van der Waals surface area contributed by atoms with Crippen molar-refractivity contribution >= 4 is 16.7 Å². The third kappa shape index (κ3) is 2.39. The molecule has 0 saturated heterocycles. The lowest BCUT2D eigenvalue weighted by molar-refractivity contribution is 0.0980. The molecule has 0 aliphatic carbocycles. The number of aromatic nitrogens is 1. The first-order valence-corrected chi connectivity index (χ1v) is 6.43. The quantitative estimate of drug-likeness (QED) is 0.851. The van der Waals surface area contributed by atoms with E-state index in [4.69, 9.17) is 9.47 Å². The van der Waals surface area contributed by atoms with Crippen LogP contribution in [0.4, 0.5) is 0 Å². The predicted molar refractivity (Wildman–Crippen MR) is 76.9 cm³/mol. The highest BCUT2D eigenvalue weighted by Crippen LogP contribution is 2.30. The zero-order valence-electron chi connectivity index (χ0n) is 11.8. The van der Waals surface area contributed by atoms with Gasteiger partial charge in [0.2, 0.25) is 0 Å². The molecule has 106 valence electrons. The van der Waals surface area contributed by atoms with Gasteiger partial charge in [0.15, 0.2) is 22.7 Å². The molecule has 0 saturated carbocycles. The maximum absolute atomic E-state index is 12.4. The number of H-pyrrole nitrogens is 1. The summed E-state index contributed by atoms with van der Waals surface area (Å²) in [5.74, 6) is 0.847. The van der Waals surface area contributed by atoms with Crippen LogP contribution in [0.5, 0.6) is 11.5 Å². The van der Waals surface area contributed by atoms with Gasteiger partial charge in [0.1, 0.15) is 0 Å². The normalized spacial score (nSPS) is 10.6. The van der Waals surface area contributed by atoms with Crippen molar-refractivity contribution in [3.63, 3.8) is 0 Å². The van der Waals surface area contributed by atoms with E-state index in [1.54, 1.807) is 12.1 Å². The summed E-state index contributed by atoms with van der Waals surface area (Å²) in [7, 11) is 3.03. The Labute approximate surface area is 116 Å². The number of ketones is 1. The number of rotatable bonds is 5. The van der Waals surface area contributed by atoms with Gasteiger partial charge in [-0.3, -0.25) is 9.59 Å². The monoisotopic (exact) mass is 275 g/mol. The molecule has 20 heavy (non-hydrogen) atoms. The highest BCUT2D eigenvalue weighted by atomic mass is 16.5. The van der Waals surface area contributed by atoms with Gasteiger partial charge in [-0.1, -0.05) is 6.92 Å². The predicted octanol–water partition coefficient (Wildman–Crippen LogP) is 2.53. The summed E-state index contributed by atoms with van der Waals surface area (Å²) in [4.78, 5) is 27.3. The number of Topliss-reactive ketones (excluding diaryl/α,β-unsaturated/α-hetero) is 1. The minimum Gasteiger partial charge on any atom is -0.493 e. The molecular formula is C15H17NO4. The van der Waals surface area contributed by atoms with E-state index < -0.39 is 0 Å². The van der Waals surface area contributed by atoms with E-state index >= 15 is 0 Å². The van der Waals surface area contributed by atoms with Crippen molar-refractivity contribution in [2.75, 3.05) is 14.2 Å². The molecule has 0 spiro atoms. The Balaban J connectivity index is 2.66. The average Bonchev–Trinajstić information content (AvgIpc) is 2.46. The largest absolute Gasteiger partial charge is 0.493 e. The molecule has 1 aromatic heterocycles. The molecule has 5 heteroatoms. The number of nitrogens with one attached hydrogen (secondary N) is 1. The number of hydrogen-bond donors (Lipinski definition) is 1. The zero-order chi connectivity index (χ0) is 14.7. The Morgan fingerprint density at radius 1 is 1.20 bits per heavy atom. The first-order chi connectivity index (χ1) is 9.62. The van der Waals surface area contributed by atoms with Crippen LogP contribution in [-0.4, -0.2) is 25.0 Å². The van der Waals surface area contributed by atoms with Gasteiger partial charge in [0, 0.05) is 18.7 Å². The maximum atomic E-state index is 12.4. The molecule has 0 unspecified atom stereocenters. The third-order valence-corrected chi connectivity index (χ3v) is 3.16. The van der Waals surface area contributed by atoms with Crippen LogP contribution in [0.3, 0.4) is 0 Å². The summed E-state index contributed by atoms with van der Waals surface area (Å²) in [5, 5.41) is 0.421. The van der Waals surface area contributed by atoms with Gasteiger partial charge in [0.05, 0.1) is 30.7 Å². The van der Waals surface area contributed by atoms with Crippen molar-refractivity contribution in [1.29, 1.82) is 0 Å². The van der Waals surface area contributed by atoms with Crippen LogP contribution in [0.25, 0.3) is 10.9 Å². The first-order valence-electron chi connectivity index (χ1n) is 6.43. The van der Waals surface area contributed by atoms with Crippen LogP contribution in [0.15, 0.2) is 23.1 Å². The third-order valence-electron chi connectivity index (χ3n) is 3.16. The van der Waals surface area contributed by atoms with E-state index in [0.29, 0.717) is 35.2 Å². The first kappa shape index (κ1) is 14.1. The minimum absolute atomic E-state index is 0.148. The number of fused-ring (bicyclic) bond motifs is 1. The fourth-order valence-electron chi connectivity index (χ4n) is 2.12. The highest BCUT2D eigenvalue weighted by molar-refractivity contribution is 5.99. The molecular weight excluding hydrogens is 258 g/mol. The number of benzene rings is 1. The van der Waals surface area contributed by atoms with Crippen LogP contribution in [0.1, 0.15) is 30.1 Å². The molecule has 0 bridgehead atoms. The topological polar surface area (TPSA) is 68.4 Å². The summed E-state index contributed by atoms with van der Waals surface area (Å²) in [6, 6.07) is 3.28. The lowest BCUT2D eigenvalue weighted by Gasteiger charge is -2.09. The molecule has 0 aliphatic rings. The molecule has 0 aliphatic heterocycles. The van der Waals surface area contributed by atoms with Crippen molar-refractivity contribution in [2.45, 2.75) is 19.8 Å². The number of carbonyl (C=O) groups is 1. The Bertz CT molecular complexity index is 703. The van der Waals surface area contributed by atoms with E-state index in [2.05, 4.69) is 4.98 Å². The average molecular weight is 275 g/mol. The number of aromatic amines is 1. The second-order valence-corrected chi connectivity index (χ2v) is 4.46. The Kier molecular flexibility index (Phi) is 4.08. The Morgan fingerprint density at radius 3 is 2.45 bits per heavy atom. The summed E-state index contributed by atoms with van der Waals surface area (Å²) in [6.45, 7) is 1.90. The molecule has 1 N–H and O–H groups in total. The molecule has 5 nitrogen and oxygen atoms in total. The van der Waals surface area contributed by atoms with Crippen LogP contribution in [0.2, 0.25) is 0 Å². The van der Waals surface area contributed by atoms with E-state index in [1.165, 1.54) is 20.4 Å². The molecule has 1 heterocycles. The molecule has 0 radical (unpaired) electrons. The van der Waals surface area contributed by atoms with E-state index in [9.17, 15) is 9.59 Å². The van der Waals surface area contributed by atoms with Gasteiger partial charge in [-0.15, -0.1) is 0 Å². The van der Waals surface area contributed by atoms with Crippen molar-refractivity contribution in [3.8, 4) is 11.5 Å². The Hall–Kier alpha value is -2.30. The van der Waals surface area contributed by atoms with Crippen LogP contribution in [-0.2, 0) is 0 Å². The molecule has 2 aromatic rings. The van der Waals surface area contributed by atoms with Crippen molar-refractivity contribution in [1.82, 2.24) is 4.98 Å². The standard InChI is InChI=1S/C15H17NO4/c1-4-5-12(17)10-8-16-11-7-14(20-3)13(19-2)6-9(11)15(10)18/h6-8H,4-5H2,1-3H3,(H,16,18). The van der Waals surface area contributed by atoms with Gasteiger partial charge in [-0.25, -0.2) is 0 Å². The molecule has 0 amide bonds. The smallest absolute Gasteiger partial charge is 0.200 e. The van der Waals surface area contributed by atoms with Gasteiger partial charge in [-0.05, 0) is 12.5 Å². The van der Waals surface area contributed by atoms with Gasteiger partial charge >= 0.3 is 0 Å². The van der Waals surface area contributed by atoms with Crippen LogP contribution < -0.4 is 14.9 Å². The number of pyridine rings is 1. The number of hydrogen-bond acceptors (Lipinski definition) is 4. The minimum atomic E-state index is -0.279. The number of carbonyl (C=O) groups excluding carboxylic acids is 1. The lowest BCUT2D eigenvalue weighted by atomic mass is 10.1. The van der Waals surface area contributed by atoms with Gasteiger partial charge < -0.3 is 14.5 Å².